The molecule has 1 N–H and O–H groups in total. The summed E-state index contributed by atoms with van der Waals surface area (Å²) in [6.07, 6.45) is 2.42. The molecular weight excluding hydrogens is 308 g/mol. The first-order valence-electron chi connectivity index (χ1n) is 6.96. The zero-order valence-corrected chi connectivity index (χ0v) is 12.7. The molecule has 1 heterocycles. The van der Waals surface area contributed by atoms with E-state index in [2.05, 4.69) is 10.1 Å². The van der Waals surface area contributed by atoms with Crippen LogP contribution in [0.1, 0.15) is 18.5 Å². The van der Waals surface area contributed by atoms with Crippen LogP contribution in [0.5, 0.6) is 5.75 Å². The third-order valence-electron chi connectivity index (χ3n) is 3.19. The molecule has 0 aliphatic carbocycles. The normalized spacial score (nSPS) is 12.5. The molecule has 7 heteroatoms. The van der Waals surface area contributed by atoms with Crippen molar-refractivity contribution < 1.29 is 27.5 Å². The van der Waals surface area contributed by atoms with E-state index in [-0.39, 0.29) is 12.2 Å². The molecule has 23 heavy (non-hydrogen) atoms. The Labute approximate surface area is 132 Å². The van der Waals surface area contributed by atoms with E-state index in [1.165, 1.54) is 26.4 Å². The van der Waals surface area contributed by atoms with Crippen LogP contribution in [0, 0.1) is 0 Å². The molecule has 0 fully saturated rings. The van der Waals surface area contributed by atoms with Gasteiger partial charge >= 0.3 is 11.9 Å². The Morgan fingerprint density at radius 3 is 2.52 bits per heavy atom. The van der Waals surface area contributed by atoms with Gasteiger partial charge in [0, 0.05) is 11.3 Å². The Bertz CT molecular complexity index is 626. The van der Waals surface area contributed by atoms with Gasteiger partial charge in [0.05, 0.1) is 26.2 Å². The van der Waals surface area contributed by atoms with Crippen LogP contribution in [0.4, 0.5) is 14.5 Å². The highest BCUT2D eigenvalue weighted by Crippen LogP contribution is 2.36. The Morgan fingerprint density at radius 2 is 2.00 bits per heavy atom. The molecule has 0 amide bonds. The minimum atomic E-state index is -3.76. The molecule has 0 saturated heterocycles. The van der Waals surface area contributed by atoms with E-state index in [4.69, 9.17) is 9.15 Å². The van der Waals surface area contributed by atoms with E-state index >= 15 is 0 Å². The Morgan fingerprint density at radius 1 is 1.30 bits per heavy atom. The number of methoxy groups -OCH3 is 1. The van der Waals surface area contributed by atoms with Crippen molar-refractivity contribution in [2.75, 3.05) is 19.0 Å². The summed E-state index contributed by atoms with van der Waals surface area (Å²) < 4.78 is 43.3. The van der Waals surface area contributed by atoms with Crippen molar-refractivity contribution in [2.24, 2.45) is 0 Å². The van der Waals surface area contributed by atoms with Crippen LogP contribution in [-0.2, 0) is 9.53 Å². The SMILES string of the molecule is CCOC(=O)C(F)(F)C(Nc1ccc(OC)cc1)c1ccoc1. The van der Waals surface area contributed by atoms with E-state index < -0.39 is 17.9 Å². The number of anilines is 1. The monoisotopic (exact) mass is 325 g/mol. The van der Waals surface area contributed by atoms with Crippen molar-refractivity contribution in [1.29, 1.82) is 0 Å². The summed E-state index contributed by atoms with van der Waals surface area (Å²) in [5.74, 6) is -4.76. The summed E-state index contributed by atoms with van der Waals surface area (Å²) in [4.78, 5) is 11.6. The highest BCUT2D eigenvalue weighted by Gasteiger charge is 2.50. The number of esters is 1. The molecule has 1 aromatic carbocycles. The maximum Gasteiger partial charge on any atom is 0.379 e. The number of hydrogen-bond acceptors (Lipinski definition) is 5. The molecule has 0 radical (unpaired) electrons. The van der Waals surface area contributed by atoms with Crippen LogP contribution in [0.25, 0.3) is 0 Å². The molecular formula is C16H17F2NO4. The quantitative estimate of drug-likeness (QED) is 0.788. The molecule has 0 aliphatic rings. The molecule has 1 unspecified atom stereocenters. The first kappa shape index (κ1) is 16.8. The topological polar surface area (TPSA) is 60.7 Å². The second kappa shape index (κ2) is 7.13. The smallest absolute Gasteiger partial charge is 0.379 e. The van der Waals surface area contributed by atoms with Gasteiger partial charge in [-0.25, -0.2) is 4.79 Å². The van der Waals surface area contributed by atoms with Gasteiger partial charge in [0.15, 0.2) is 0 Å². The molecule has 0 spiro atoms. The molecule has 2 aromatic rings. The number of nitrogens with one attached hydrogen (secondary N) is 1. The van der Waals surface area contributed by atoms with Gasteiger partial charge in [-0.3, -0.25) is 0 Å². The number of ether oxygens (including phenoxy) is 2. The molecule has 0 aliphatic heterocycles. The van der Waals surface area contributed by atoms with Gasteiger partial charge < -0.3 is 19.2 Å². The third kappa shape index (κ3) is 3.80. The molecule has 1 atom stereocenters. The molecule has 1 aromatic heterocycles. The van der Waals surface area contributed by atoms with Crippen LogP contribution in [0.3, 0.4) is 0 Å². The second-order valence-electron chi connectivity index (χ2n) is 4.71. The molecule has 124 valence electrons. The van der Waals surface area contributed by atoms with E-state index in [1.807, 2.05) is 0 Å². The van der Waals surface area contributed by atoms with Gasteiger partial charge in [0.2, 0.25) is 0 Å². The summed E-state index contributed by atoms with van der Waals surface area (Å²) >= 11 is 0. The first-order chi connectivity index (χ1) is 11.0. The Balaban J connectivity index is 2.29. The van der Waals surface area contributed by atoms with Crippen molar-refractivity contribution in [2.45, 2.75) is 18.9 Å². The molecule has 2 rings (SSSR count). The van der Waals surface area contributed by atoms with Gasteiger partial charge in [-0.15, -0.1) is 0 Å². The summed E-state index contributed by atoms with van der Waals surface area (Å²) in [7, 11) is 1.51. The fourth-order valence-corrected chi connectivity index (χ4v) is 2.02. The molecule has 5 nitrogen and oxygen atoms in total. The zero-order valence-electron chi connectivity index (χ0n) is 12.7. The van der Waals surface area contributed by atoms with E-state index in [0.717, 1.165) is 6.26 Å². The van der Waals surface area contributed by atoms with Gasteiger partial charge in [0.1, 0.15) is 11.8 Å². The highest BCUT2D eigenvalue weighted by atomic mass is 19.3. The standard InChI is InChI=1S/C16H17F2NO4/c1-3-23-15(20)16(17,18)14(11-8-9-22-10-11)19-12-4-6-13(21-2)7-5-12/h4-10,14,19H,3H2,1-2H3. The lowest BCUT2D eigenvalue weighted by molar-refractivity contribution is -0.173. The largest absolute Gasteiger partial charge is 0.497 e. The lowest BCUT2D eigenvalue weighted by Crippen LogP contribution is -2.41. The lowest BCUT2D eigenvalue weighted by atomic mass is 10.0. The van der Waals surface area contributed by atoms with E-state index in [1.54, 1.807) is 24.3 Å². The van der Waals surface area contributed by atoms with Gasteiger partial charge in [-0.1, -0.05) is 0 Å². The maximum atomic E-state index is 14.5. The average molecular weight is 325 g/mol. The van der Waals surface area contributed by atoms with Crippen molar-refractivity contribution in [3.63, 3.8) is 0 Å². The van der Waals surface area contributed by atoms with Crippen molar-refractivity contribution in [1.82, 2.24) is 0 Å². The number of carbonyl (C=O) groups excluding carboxylic acids is 1. The first-order valence-corrected chi connectivity index (χ1v) is 6.96. The van der Waals surface area contributed by atoms with Crippen molar-refractivity contribution >= 4 is 11.7 Å². The van der Waals surface area contributed by atoms with Gasteiger partial charge in [-0.05, 0) is 37.3 Å². The minimum Gasteiger partial charge on any atom is -0.497 e. The number of furan rings is 1. The molecule has 0 saturated carbocycles. The number of rotatable bonds is 7. The Hall–Kier alpha value is -2.57. The van der Waals surface area contributed by atoms with E-state index in [9.17, 15) is 13.6 Å². The van der Waals surface area contributed by atoms with Crippen LogP contribution < -0.4 is 10.1 Å². The highest BCUT2D eigenvalue weighted by molar-refractivity contribution is 5.79. The number of alkyl halides is 2. The van der Waals surface area contributed by atoms with Crippen LogP contribution in [0.2, 0.25) is 0 Å². The fourth-order valence-electron chi connectivity index (χ4n) is 2.02. The summed E-state index contributed by atoms with van der Waals surface area (Å²) in [6.45, 7) is 1.34. The minimum absolute atomic E-state index is 0.130. The van der Waals surface area contributed by atoms with E-state index in [0.29, 0.717) is 11.4 Å². The van der Waals surface area contributed by atoms with Crippen molar-refractivity contribution in [3.05, 3.63) is 48.4 Å². The lowest BCUT2D eigenvalue weighted by Gasteiger charge is -2.26. The summed E-state index contributed by atoms with van der Waals surface area (Å²) in [5.41, 5.74) is 0.542. The summed E-state index contributed by atoms with van der Waals surface area (Å²) in [5, 5.41) is 2.65. The molecule has 0 bridgehead atoms. The average Bonchev–Trinajstić information content (AvgIpc) is 3.07. The number of halogens is 2. The predicted octanol–water partition coefficient (Wildman–Crippen LogP) is 3.64. The van der Waals surface area contributed by atoms with Gasteiger partial charge in [-0.2, -0.15) is 8.78 Å². The number of benzene rings is 1. The zero-order chi connectivity index (χ0) is 16.9. The van der Waals surface area contributed by atoms with Gasteiger partial charge in [0.25, 0.3) is 0 Å². The number of carbonyl (C=O) groups is 1. The maximum absolute atomic E-state index is 14.5. The second-order valence-corrected chi connectivity index (χ2v) is 4.71. The summed E-state index contributed by atoms with van der Waals surface area (Å²) in [6, 6.07) is 6.15. The number of hydrogen-bond donors (Lipinski definition) is 1. The van der Waals surface area contributed by atoms with Crippen LogP contribution >= 0.6 is 0 Å². The fraction of sp³-hybridized carbons (Fsp3) is 0.312. The predicted molar refractivity (Wildman–Crippen MR) is 79.6 cm³/mol. The van der Waals surface area contributed by atoms with Crippen molar-refractivity contribution in [3.8, 4) is 5.75 Å². The van der Waals surface area contributed by atoms with Crippen LogP contribution in [0.15, 0.2) is 47.3 Å². The Kier molecular flexibility index (Phi) is 5.20. The van der Waals surface area contributed by atoms with Crippen LogP contribution in [-0.4, -0.2) is 25.6 Å². The third-order valence-corrected chi connectivity index (χ3v) is 3.19.